The third-order valence-electron chi connectivity index (χ3n) is 5.72. The highest BCUT2D eigenvalue weighted by atomic mass is 127. The van der Waals surface area contributed by atoms with Gasteiger partial charge in [-0.3, -0.25) is 9.79 Å². The van der Waals surface area contributed by atoms with Crippen LogP contribution in [0.15, 0.2) is 4.99 Å². The molecule has 1 aliphatic carbocycles. The van der Waals surface area contributed by atoms with Gasteiger partial charge in [-0.1, -0.05) is 26.2 Å². The second-order valence-electron chi connectivity index (χ2n) is 9.75. The van der Waals surface area contributed by atoms with Crippen LogP contribution in [-0.4, -0.2) is 66.7 Å². The van der Waals surface area contributed by atoms with Gasteiger partial charge in [0.05, 0.1) is 12.6 Å². The average molecular weight is 566 g/mol. The highest BCUT2D eigenvalue weighted by molar-refractivity contribution is 14.0. The zero-order valence-corrected chi connectivity index (χ0v) is 22.9. The molecule has 0 aromatic heterocycles. The predicted molar refractivity (Wildman–Crippen MR) is 140 cm³/mol. The first-order valence-corrected chi connectivity index (χ1v) is 12.0. The number of amides is 2. The van der Waals surface area contributed by atoms with Gasteiger partial charge >= 0.3 is 6.09 Å². The summed E-state index contributed by atoms with van der Waals surface area (Å²) in [5.74, 6) is 1.29. The molecule has 2 unspecified atom stereocenters. The molecular weight excluding hydrogens is 521 g/mol. The van der Waals surface area contributed by atoms with Crippen molar-refractivity contribution in [2.45, 2.75) is 97.2 Å². The number of hydrogen-bond donors (Lipinski definition) is 3. The molecule has 2 aliphatic rings. The molecule has 2 amide bonds. The summed E-state index contributed by atoms with van der Waals surface area (Å²) < 4.78 is 5.39. The summed E-state index contributed by atoms with van der Waals surface area (Å²) >= 11 is 0. The fraction of sp³-hybridized carbons (Fsp3) is 0.870. The quantitative estimate of drug-likeness (QED) is 0.237. The van der Waals surface area contributed by atoms with Crippen LogP contribution in [0.1, 0.15) is 79.6 Å². The van der Waals surface area contributed by atoms with E-state index < -0.39 is 11.7 Å². The third kappa shape index (κ3) is 10.1. The summed E-state index contributed by atoms with van der Waals surface area (Å²) in [6.07, 6.45) is 6.74. The monoisotopic (exact) mass is 565 g/mol. The molecule has 8 nitrogen and oxygen atoms in total. The van der Waals surface area contributed by atoms with Gasteiger partial charge in [-0.05, 0) is 53.4 Å². The van der Waals surface area contributed by atoms with Crippen molar-refractivity contribution in [3.8, 4) is 0 Å². The molecule has 186 valence electrons. The van der Waals surface area contributed by atoms with Crippen LogP contribution in [0.25, 0.3) is 0 Å². The van der Waals surface area contributed by atoms with Crippen LogP contribution in [0.4, 0.5) is 4.79 Å². The summed E-state index contributed by atoms with van der Waals surface area (Å²) in [5, 5.41) is 9.71. The lowest BCUT2D eigenvalue weighted by atomic mass is 10.1. The van der Waals surface area contributed by atoms with Crippen LogP contribution < -0.4 is 16.0 Å². The van der Waals surface area contributed by atoms with Crippen LogP contribution in [0.2, 0.25) is 0 Å². The molecule has 32 heavy (non-hydrogen) atoms. The predicted octanol–water partition coefficient (Wildman–Crippen LogP) is 3.64. The number of hydrogen-bond acceptors (Lipinski definition) is 4. The number of carbonyl (C=O) groups is 2. The lowest BCUT2D eigenvalue weighted by Crippen LogP contribution is -2.46. The van der Waals surface area contributed by atoms with E-state index in [0.717, 1.165) is 57.7 Å². The maximum atomic E-state index is 12.7. The van der Waals surface area contributed by atoms with Gasteiger partial charge in [0, 0.05) is 31.6 Å². The smallest absolute Gasteiger partial charge is 0.407 e. The van der Waals surface area contributed by atoms with Crippen molar-refractivity contribution in [3.63, 3.8) is 0 Å². The second-order valence-corrected chi connectivity index (χ2v) is 9.75. The summed E-state index contributed by atoms with van der Waals surface area (Å²) in [6, 6.07) is 0.117. The number of alkyl carbamates (subject to hydrolysis) is 1. The van der Waals surface area contributed by atoms with Gasteiger partial charge in [0.25, 0.3) is 0 Å². The van der Waals surface area contributed by atoms with Crippen molar-refractivity contribution in [1.29, 1.82) is 0 Å². The molecule has 0 bridgehead atoms. The van der Waals surface area contributed by atoms with Crippen LogP contribution in [0, 0.1) is 5.92 Å². The molecule has 3 N–H and O–H groups in total. The van der Waals surface area contributed by atoms with Gasteiger partial charge in [0.1, 0.15) is 5.60 Å². The minimum absolute atomic E-state index is 0. The molecule has 1 saturated carbocycles. The number of guanidine groups is 1. The van der Waals surface area contributed by atoms with E-state index in [9.17, 15) is 9.59 Å². The van der Waals surface area contributed by atoms with E-state index >= 15 is 0 Å². The Morgan fingerprint density at radius 3 is 2.44 bits per heavy atom. The molecule has 0 spiro atoms. The molecular formula is C23H44IN5O3. The topological polar surface area (TPSA) is 95.1 Å². The molecule has 0 radical (unpaired) electrons. The highest BCUT2D eigenvalue weighted by Crippen LogP contribution is 2.27. The SMILES string of the molecule is CCCC(CN=C(NCC)NC1CCN(C(=O)C2CCCC2)C1)NC(=O)OC(C)(C)C.I. The number of halogens is 1. The number of carbonyl (C=O) groups excluding carboxylic acids is 2. The van der Waals surface area contributed by atoms with Crippen LogP contribution in [0.5, 0.6) is 0 Å². The summed E-state index contributed by atoms with van der Waals surface area (Å²) in [7, 11) is 0. The van der Waals surface area contributed by atoms with Gasteiger partial charge in [-0.25, -0.2) is 4.79 Å². The number of nitrogens with zero attached hydrogens (tertiary/aromatic N) is 2. The van der Waals surface area contributed by atoms with Crippen molar-refractivity contribution in [1.82, 2.24) is 20.9 Å². The van der Waals surface area contributed by atoms with Crippen LogP contribution >= 0.6 is 24.0 Å². The molecule has 0 aromatic rings. The minimum atomic E-state index is -0.523. The third-order valence-corrected chi connectivity index (χ3v) is 5.72. The van der Waals surface area contributed by atoms with Crippen LogP contribution in [0.3, 0.4) is 0 Å². The lowest BCUT2D eigenvalue weighted by Gasteiger charge is -2.23. The van der Waals surface area contributed by atoms with E-state index in [2.05, 4.69) is 22.9 Å². The van der Waals surface area contributed by atoms with E-state index in [1.807, 2.05) is 32.6 Å². The van der Waals surface area contributed by atoms with Crippen molar-refractivity contribution in [3.05, 3.63) is 0 Å². The Hall–Kier alpha value is -1.26. The van der Waals surface area contributed by atoms with Gasteiger partial charge in [0.2, 0.25) is 5.91 Å². The van der Waals surface area contributed by atoms with Crippen molar-refractivity contribution in [2.75, 3.05) is 26.2 Å². The zero-order valence-electron chi connectivity index (χ0n) is 20.5. The molecule has 2 atom stereocenters. The molecule has 2 rings (SSSR count). The zero-order chi connectivity index (χ0) is 22.9. The summed E-state index contributed by atoms with van der Waals surface area (Å²) in [6.45, 7) is 12.5. The first kappa shape index (κ1) is 28.8. The maximum absolute atomic E-state index is 12.7. The van der Waals surface area contributed by atoms with Crippen LogP contribution in [-0.2, 0) is 9.53 Å². The highest BCUT2D eigenvalue weighted by Gasteiger charge is 2.32. The standard InChI is InChI=1S/C23H43N5O3.HI/c1-6-10-18(27-22(30)31-23(3,4)5)15-25-21(24-7-2)26-19-13-14-28(16-19)20(29)17-11-8-9-12-17;/h17-19H,6-16H2,1-5H3,(H,27,30)(H2,24,25,26);1H. The molecule has 1 heterocycles. The van der Waals surface area contributed by atoms with Crippen molar-refractivity contribution >= 4 is 41.9 Å². The van der Waals surface area contributed by atoms with E-state index in [1.165, 1.54) is 12.8 Å². The van der Waals surface area contributed by atoms with Gasteiger partial charge in [-0.15, -0.1) is 24.0 Å². The Labute approximate surface area is 211 Å². The average Bonchev–Trinajstić information content (AvgIpc) is 3.36. The van der Waals surface area contributed by atoms with Crippen molar-refractivity contribution < 1.29 is 14.3 Å². The molecule has 0 aromatic carbocycles. The number of nitrogens with one attached hydrogen (secondary N) is 3. The van der Waals surface area contributed by atoms with E-state index in [4.69, 9.17) is 9.73 Å². The van der Waals surface area contributed by atoms with Crippen molar-refractivity contribution in [2.24, 2.45) is 10.9 Å². The molecule has 1 saturated heterocycles. The molecule has 9 heteroatoms. The first-order chi connectivity index (χ1) is 14.7. The molecule has 1 aliphatic heterocycles. The fourth-order valence-electron chi connectivity index (χ4n) is 4.26. The normalized spacial score (nSPS) is 20.5. The number of likely N-dealkylation sites (tertiary alicyclic amines) is 1. The van der Waals surface area contributed by atoms with Gasteiger partial charge in [-0.2, -0.15) is 0 Å². The summed E-state index contributed by atoms with van der Waals surface area (Å²) in [5.41, 5.74) is -0.523. The summed E-state index contributed by atoms with van der Waals surface area (Å²) in [4.78, 5) is 31.6. The largest absolute Gasteiger partial charge is 0.444 e. The van der Waals surface area contributed by atoms with Gasteiger partial charge in [0.15, 0.2) is 5.96 Å². The number of rotatable bonds is 8. The fourth-order valence-corrected chi connectivity index (χ4v) is 4.26. The molecule has 2 fully saturated rings. The number of ether oxygens (including phenoxy) is 1. The minimum Gasteiger partial charge on any atom is -0.444 e. The maximum Gasteiger partial charge on any atom is 0.407 e. The van der Waals surface area contributed by atoms with E-state index in [1.54, 1.807) is 0 Å². The Kier molecular flexibility index (Phi) is 12.7. The Morgan fingerprint density at radius 1 is 1.16 bits per heavy atom. The Bertz CT molecular complexity index is 617. The van der Waals surface area contributed by atoms with E-state index in [-0.39, 0.29) is 42.0 Å². The van der Waals surface area contributed by atoms with E-state index in [0.29, 0.717) is 12.5 Å². The van der Waals surface area contributed by atoms with Gasteiger partial charge < -0.3 is 25.6 Å². The first-order valence-electron chi connectivity index (χ1n) is 12.0. The lowest BCUT2D eigenvalue weighted by molar-refractivity contribution is -0.134. The Morgan fingerprint density at radius 2 is 1.84 bits per heavy atom. The number of aliphatic imine (C=N–C) groups is 1. The second kappa shape index (κ2) is 14.1. The Balaban J connectivity index is 0.00000512.